The molecule has 1 aromatic rings. The van der Waals surface area contributed by atoms with E-state index < -0.39 is 20.5 Å². The van der Waals surface area contributed by atoms with Crippen molar-refractivity contribution in [3.63, 3.8) is 0 Å². The number of Topliss-reactive ketones (excluding diaryl/α,β-unsaturated/α-hetero) is 1. The van der Waals surface area contributed by atoms with Gasteiger partial charge in [0, 0.05) is 24.0 Å². The van der Waals surface area contributed by atoms with Crippen LogP contribution in [0.3, 0.4) is 0 Å². The SMILES string of the molecule is CC(C)(CS(=O)(=O)C1CCOCC1)C(=O)Cc1nnc(C(C)(C)C)s1. The van der Waals surface area contributed by atoms with Crippen molar-refractivity contribution in [3.8, 4) is 0 Å². The van der Waals surface area contributed by atoms with E-state index in [4.69, 9.17) is 4.74 Å². The summed E-state index contributed by atoms with van der Waals surface area (Å²) >= 11 is 1.42. The first kappa shape index (κ1) is 20.5. The molecular weight excluding hydrogens is 360 g/mol. The molecule has 0 amide bonds. The molecule has 0 aliphatic carbocycles. The number of nitrogens with zero attached hydrogens (tertiary/aromatic N) is 2. The Labute approximate surface area is 154 Å². The van der Waals surface area contributed by atoms with Gasteiger partial charge in [-0.25, -0.2) is 8.42 Å². The number of hydrogen-bond donors (Lipinski definition) is 0. The maximum absolute atomic E-state index is 12.7. The first-order valence-corrected chi connectivity index (χ1v) is 11.1. The third-order valence-electron chi connectivity index (χ3n) is 4.41. The minimum absolute atomic E-state index is 0.110. The molecule has 8 heteroatoms. The van der Waals surface area contributed by atoms with Crippen LogP contribution in [-0.4, -0.2) is 48.6 Å². The van der Waals surface area contributed by atoms with Gasteiger partial charge in [0.15, 0.2) is 9.84 Å². The van der Waals surface area contributed by atoms with Gasteiger partial charge in [-0.1, -0.05) is 34.6 Å². The Morgan fingerprint density at radius 3 is 2.28 bits per heavy atom. The maximum Gasteiger partial charge on any atom is 0.154 e. The maximum atomic E-state index is 12.7. The van der Waals surface area contributed by atoms with E-state index in [-0.39, 0.29) is 23.4 Å². The Bertz CT molecular complexity index is 711. The summed E-state index contributed by atoms with van der Waals surface area (Å²) in [5.74, 6) is -0.242. The first-order valence-electron chi connectivity index (χ1n) is 8.57. The van der Waals surface area contributed by atoms with Gasteiger partial charge in [-0.3, -0.25) is 4.79 Å². The highest BCUT2D eigenvalue weighted by molar-refractivity contribution is 7.92. The summed E-state index contributed by atoms with van der Waals surface area (Å²) in [6.45, 7) is 10.5. The van der Waals surface area contributed by atoms with Crippen LogP contribution < -0.4 is 0 Å². The fraction of sp³-hybridized carbons (Fsp3) is 0.824. The number of carbonyl (C=O) groups is 1. The minimum Gasteiger partial charge on any atom is -0.381 e. The Morgan fingerprint density at radius 1 is 1.16 bits per heavy atom. The van der Waals surface area contributed by atoms with Crippen molar-refractivity contribution < 1.29 is 17.9 Å². The molecule has 0 spiro atoms. The van der Waals surface area contributed by atoms with Gasteiger partial charge in [-0.15, -0.1) is 21.5 Å². The van der Waals surface area contributed by atoms with Gasteiger partial charge in [0.25, 0.3) is 0 Å². The predicted octanol–water partition coefficient (Wildman–Crippen LogP) is 2.57. The molecule has 1 aliphatic heterocycles. The topological polar surface area (TPSA) is 86.2 Å². The van der Waals surface area contributed by atoms with Crippen molar-refractivity contribution in [3.05, 3.63) is 10.0 Å². The summed E-state index contributed by atoms with van der Waals surface area (Å²) in [5.41, 5.74) is -1.05. The lowest BCUT2D eigenvalue weighted by molar-refractivity contribution is -0.125. The van der Waals surface area contributed by atoms with E-state index in [2.05, 4.69) is 10.2 Å². The van der Waals surface area contributed by atoms with Crippen molar-refractivity contribution in [1.29, 1.82) is 0 Å². The molecule has 1 aliphatic rings. The van der Waals surface area contributed by atoms with Gasteiger partial charge in [0.05, 0.1) is 17.4 Å². The number of carbonyl (C=O) groups excluding carboxylic acids is 1. The van der Waals surface area contributed by atoms with E-state index >= 15 is 0 Å². The molecule has 2 heterocycles. The van der Waals surface area contributed by atoms with Crippen LogP contribution in [0.15, 0.2) is 0 Å². The number of ether oxygens (including phenoxy) is 1. The second-order valence-corrected chi connectivity index (χ2v) is 11.7. The number of rotatable bonds is 6. The molecule has 142 valence electrons. The number of ketones is 1. The normalized spacial score (nSPS) is 17.6. The Morgan fingerprint density at radius 2 is 1.76 bits per heavy atom. The smallest absolute Gasteiger partial charge is 0.154 e. The van der Waals surface area contributed by atoms with E-state index in [0.717, 1.165) is 5.01 Å². The second kappa shape index (κ2) is 7.40. The molecule has 0 atom stereocenters. The summed E-state index contributed by atoms with van der Waals surface area (Å²) in [6, 6.07) is 0. The lowest BCUT2D eigenvalue weighted by Crippen LogP contribution is -2.39. The first-order chi connectivity index (χ1) is 11.4. The molecule has 0 saturated carbocycles. The summed E-state index contributed by atoms with van der Waals surface area (Å²) in [7, 11) is -3.33. The van der Waals surface area contributed by atoms with Gasteiger partial charge in [-0.2, -0.15) is 0 Å². The standard InChI is InChI=1S/C17H28N2O4S2/c1-16(2,3)15-19-18-14(24-15)10-13(20)17(4,5)11-25(21,22)12-6-8-23-9-7-12/h12H,6-11H2,1-5H3. The summed E-state index contributed by atoms with van der Waals surface area (Å²) in [5, 5.41) is 9.38. The zero-order valence-electron chi connectivity index (χ0n) is 15.7. The molecule has 1 aromatic heterocycles. The lowest BCUT2D eigenvalue weighted by Gasteiger charge is -2.28. The van der Waals surface area contributed by atoms with Crippen LogP contribution in [0, 0.1) is 5.41 Å². The molecule has 0 radical (unpaired) electrons. The van der Waals surface area contributed by atoms with Crippen LogP contribution in [0.2, 0.25) is 0 Å². The van der Waals surface area contributed by atoms with Gasteiger partial charge < -0.3 is 4.74 Å². The van der Waals surface area contributed by atoms with Crippen molar-refractivity contribution in [2.75, 3.05) is 19.0 Å². The zero-order chi connectivity index (χ0) is 18.9. The Kier molecular flexibility index (Phi) is 6.06. The second-order valence-electron chi connectivity index (χ2n) is 8.35. The summed E-state index contributed by atoms with van der Waals surface area (Å²) in [6.07, 6.45) is 1.15. The summed E-state index contributed by atoms with van der Waals surface area (Å²) in [4.78, 5) is 12.7. The Hall–Kier alpha value is -0.860. The van der Waals surface area contributed by atoms with E-state index in [9.17, 15) is 13.2 Å². The third kappa shape index (κ3) is 5.31. The molecule has 0 N–H and O–H groups in total. The van der Waals surface area contributed by atoms with Crippen LogP contribution in [0.5, 0.6) is 0 Å². The Balaban J connectivity index is 2.05. The highest BCUT2D eigenvalue weighted by atomic mass is 32.2. The molecule has 2 rings (SSSR count). The summed E-state index contributed by atoms with van der Waals surface area (Å²) < 4.78 is 30.6. The highest BCUT2D eigenvalue weighted by Gasteiger charge is 2.38. The average molecular weight is 389 g/mol. The molecule has 0 unspecified atom stereocenters. The van der Waals surface area contributed by atoms with Crippen LogP contribution in [-0.2, 0) is 31.2 Å². The minimum atomic E-state index is -3.33. The van der Waals surface area contributed by atoms with E-state index in [1.165, 1.54) is 11.3 Å². The zero-order valence-corrected chi connectivity index (χ0v) is 17.3. The average Bonchev–Trinajstić information content (AvgIpc) is 2.96. The van der Waals surface area contributed by atoms with Crippen LogP contribution in [0.4, 0.5) is 0 Å². The van der Waals surface area contributed by atoms with Crippen molar-refractivity contribution in [1.82, 2.24) is 10.2 Å². The van der Waals surface area contributed by atoms with E-state index in [0.29, 0.717) is 31.1 Å². The number of aromatic nitrogens is 2. The molecule has 1 fully saturated rings. The van der Waals surface area contributed by atoms with Gasteiger partial charge in [-0.05, 0) is 12.8 Å². The molecule has 6 nitrogen and oxygen atoms in total. The number of hydrogen-bond acceptors (Lipinski definition) is 7. The molecule has 1 saturated heterocycles. The number of sulfone groups is 1. The fourth-order valence-electron chi connectivity index (χ4n) is 2.74. The molecule has 0 bridgehead atoms. The predicted molar refractivity (Wildman–Crippen MR) is 98.7 cm³/mol. The van der Waals surface area contributed by atoms with E-state index in [1.807, 2.05) is 20.8 Å². The van der Waals surface area contributed by atoms with Crippen molar-refractivity contribution in [2.45, 2.75) is 64.5 Å². The van der Waals surface area contributed by atoms with Crippen LogP contribution in [0.1, 0.15) is 57.5 Å². The van der Waals surface area contributed by atoms with E-state index in [1.54, 1.807) is 13.8 Å². The van der Waals surface area contributed by atoms with Crippen molar-refractivity contribution in [2.24, 2.45) is 5.41 Å². The largest absolute Gasteiger partial charge is 0.381 e. The van der Waals surface area contributed by atoms with Crippen molar-refractivity contribution >= 4 is 27.0 Å². The van der Waals surface area contributed by atoms with Gasteiger partial charge >= 0.3 is 0 Å². The van der Waals surface area contributed by atoms with Crippen LogP contribution in [0.25, 0.3) is 0 Å². The third-order valence-corrected chi connectivity index (χ3v) is 8.37. The molecule has 25 heavy (non-hydrogen) atoms. The quantitative estimate of drug-likeness (QED) is 0.744. The monoisotopic (exact) mass is 388 g/mol. The highest BCUT2D eigenvalue weighted by Crippen LogP contribution is 2.29. The molecule has 0 aromatic carbocycles. The molecular formula is C17H28N2O4S2. The fourth-order valence-corrected chi connectivity index (χ4v) is 5.95. The van der Waals surface area contributed by atoms with Gasteiger partial charge in [0.2, 0.25) is 0 Å². The van der Waals surface area contributed by atoms with Gasteiger partial charge in [0.1, 0.15) is 15.8 Å². The lowest BCUT2D eigenvalue weighted by atomic mass is 9.89. The van der Waals surface area contributed by atoms with Crippen LogP contribution >= 0.6 is 11.3 Å².